The second-order valence-corrected chi connectivity index (χ2v) is 7.85. The topological polar surface area (TPSA) is 23.6 Å². The molecule has 1 heterocycles. The quantitative estimate of drug-likeness (QED) is 0.666. The monoisotopic (exact) mass is 366 g/mol. The molecule has 1 aliphatic rings. The second kappa shape index (κ2) is 10.8. The molecule has 1 aliphatic heterocycles. The molecule has 2 rings (SSSR count). The molecule has 1 saturated heterocycles. The Morgan fingerprint density at radius 3 is 3.00 bits per heavy atom. The molecular weight excluding hydrogens is 335 g/mol. The van der Waals surface area contributed by atoms with Gasteiger partial charge in [0.2, 0.25) is 5.91 Å². The minimum Gasteiger partial charge on any atom is -0.343 e. The number of amides is 1. The van der Waals surface area contributed by atoms with Gasteiger partial charge in [0.25, 0.3) is 0 Å². The Labute approximate surface area is 156 Å². The number of carbonyl (C=O) groups is 1. The van der Waals surface area contributed by atoms with Gasteiger partial charge in [-0.3, -0.25) is 4.79 Å². The van der Waals surface area contributed by atoms with Crippen LogP contribution in [0.2, 0.25) is 0 Å². The van der Waals surface area contributed by atoms with Crippen LogP contribution in [0, 0.1) is 11.7 Å². The zero-order valence-corrected chi connectivity index (χ0v) is 16.4. The molecule has 0 aliphatic carbocycles. The highest BCUT2D eigenvalue weighted by Gasteiger charge is 2.23. The number of hydrogen-bond acceptors (Lipinski definition) is 3. The summed E-state index contributed by atoms with van der Waals surface area (Å²) in [6.45, 7) is 6.86. The molecule has 1 fully saturated rings. The Kier molecular flexibility index (Phi) is 8.76. The van der Waals surface area contributed by atoms with E-state index in [0.29, 0.717) is 12.3 Å². The fourth-order valence-electron chi connectivity index (χ4n) is 3.55. The van der Waals surface area contributed by atoms with Crippen LogP contribution in [0.1, 0.15) is 31.7 Å². The largest absolute Gasteiger partial charge is 0.343 e. The maximum absolute atomic E-state index is 13.3. The lowest BCUT2D eigenvalue weighted by atomic mass is 9.96. The van der Waals surface area contributed by atoms with Crippen molar-refractivity contribution in [1.82, 2.24) is 9.80 Å². The normalized spacial score (nSPS) is 18.3. The van der Waals surface area contributed by atoms with Crippen LogP contribution in [0.4, 0.5) is 4.39 Å². The lowest BCUT2D eigenvalue weighted by molar-refractivity contribution is -0.131. The van der Waals surface area contributed by atoms with Crippen LogP contribution >= 0.6 is 11.8 Å². The number of nitrogens with zero attached hydrogens (tertiary/aromatic N) is 2. The summed E-state index contributed by atoms with van der Waals surface area (Å²) in [7, 11) is 0. The van der Waals surface area contributed by atoms with Gasteiger partial charge in [0.15, 0.2) is 0 Å². The van der Waals surface area contributed by atoms with Gasteiger partial charge >= 0.3 is 0 Å². The van der Waals surface area contributed by atoms with Gasteiger partial charge < -0.3 is 9.80 Å². The van der Waals surface area contributed by atoms with Crippen LogP contribution in [0.3, 0.4) is 0 Å². The molecule has 1 atom stereocenters. The molecule has 140 valence electrons. The Morgan fingerprint density at radius 1 is 1.44 bits per heavy atom. The highest BCUT2D eigenvalue weighted by molar-refractivity contribution is 7.98. The van der Waals surface area contributed by atoms with Crippen LogP contribution in [0.25, 0.3) is 0 Å². The summed E-state index contributed by atoms with van der Waals surface area (Å²) in [5, 5.41) is 0. The SMILES string of the molecule is CCN(C[C@@H]1CCCN(CCc2cccc(F)c2)C1)C(=O)CCSC. The van der Waals surface area contributed by atoms with E-state index in [0.717, 1.165) is 50.5 Å². The minimum atomic E-state index is -0.156. The summed E-state index contributed by atoms with van der Waals surface area (Å²) in [5.74, 6) is 1.59. The first-order valence-corrected chi connectivity index (χ1v) is 10.7. The summed E-state index contributed by atoms with van der Waals surface area (Å²) >= 11 is 1.73. The van der Waals surface area contributed by atoms with Gasteiger partial charge in [-0.25, -0.2) is 4.39 Å². The predicted octanol–water partition coefficient (Wildman–Crippen LogP) is 3.68. The van der Waals surface area contributed by atoms with E-state index in [2.05, 4.69) is 11.8 Å². The Hall–Kier alpha value is -1.07. The van der Waals surface area contributed by atoms with Crippen LogP contribution in [0.5, 0.6) is 0 Å². The van der Waals surface area contributed by atoms with E-state index in [1.54, 1.807) is 23.9 Å². The number of benzene rings is 1. The van der Waals surface area contributed by atoms with E-state index in [1.165, 1.54) is 18.9 Å². The van der Waals surface area contributed by atoms with Gasteiger partial charge in [0, 0.05) is 38.4 Å². The van der Waals surface area contributed by atoms with Crippen LogP contribution in [0.15, 0.2) is 24.3 Å². The third kappa shape index (κ3) is 6.98. The highest BCUT2D eigenvalue weighted by Crippen LogP contribution is 2.19. The van der Waals surface area contributed by atoms with Crippen molar-refractivity contribution in [2.75, 3.05) is 44.7 Å². The lowest BCUT2D eigenvalue weighted by Gasteiger charge is -2.35. The molecule has 0 bridgehead atoms. The molecule has 0 unspecified atom stereocenters. The van der Waals surface area contributed by atoms with Gasteiger partial charge in [-0.05, 0) is 62.6 Å². The molecule has 1 aromatic rings. The van der Waals surface area contributed by atoms with Gasteiger partial charge in [0.05, 0.1) is 0 Å². The van der Waals surface area contributed by atoms with E-state index in [1.807, 2.05) is 17.2 Å². The molecule has 25 heavy (non-hydrogen) atoms. The molecule has 0 spiro atoms. The van der Waals surface area contributed by atoms with Crippen molar-refractivity contribution >= 4 is 17.7 Å². The molecular formula is C20H31FN2OS. The summed E-state index contributed by atoms with van der Waals surface area (Å²) in [4.78, 5) is 16.8. The maximum atomic E-state index is 13.3. The van der Waals surface area contributed by atoms with Gasteiger partial charge in [0.1, 0.15) is 5.82 Å². The molecule has 0 radical (unpaired) electrons. The minimum absolute atomic E-state index is 0.156. The Balaban J connectivity index is 1.80. The van der Waals surface area contributed by atoms with Gasteiger partial charge in [-0.2, -0.15) is 11.8 Å². The predicted molar refractivity (Wildman–Crippen MR) is 105 cm³/mol. The average Bonchev–Trinajstić information content (AvgIpc) is 2.63. The zero-order chi connectivity index (χ0) is 18.1. The summed E-state index contributed by atoms with van der Waals surface area (Å²) in [5.41, 5.74) is 1.06. The van der Waals surface area contributed by atoms with Gasteiger partial charge in [-0.15, -0.1) is 0 Å². The van der Waals surface area contributed by atoms with E-state index in [4.69, 9.17) is 0 Å². The molecule has 1 aromatic carbocycles. The molecule has 0 aromatic heterocycles. The number of thioether (sulfide) groups is 1. The van der Waals surface area contributed by atoms with E-state index in [9.17, 15) is 9.18 Å². The number of carbonyl (C=O) groups excluding carboxylic acids is 1. The molecule has 1 amide bonds. The van der Waals surface area contributed by atoms with Gasteiger partial charge in [-0.1, -0.05) is 12.1 Å². The highest BCUT2D eigenvalue weighted by atomic mass is 32.2. The van der Waals surface area contributed by atoms with Crippen molar-refractivity contribution in [1.29, 1.82) is 0 Å². The summed E-state index contributed by atoms with van der Waals surface area (Å²) in [6.07, 6.45) is 5.95. The van der Waals surface area contributed by atoms with Crippen molar-refractivity contribution in [3.05, 3.63) is 35.6 Å². The molecule has 0 saturated carbocycles. The third-order valence-corrected chi connectivity index (χ3v) is 5.55. The lowest BCUT2D eigenvalue weighted by Crippen LogP contribution is -2.43. The fraction of sp³-hybridized carbons (Fsp3) is 0.650. The molecule has 5 heteroatoms. The standard InChI is InChI=1S/C20H31FN2OS/c1-3-23(20(24)10-13-25-2)16-18-7-5-11-22(15-18)12-9-17-6-4-8-19(21)14-17/h4,6,8,14,18H,3,5,7,9-13,15-16H2,1-2H3/t18-/m1/s1. The number of piperidine rings is 1. The number of rotatable bonds is 9. The summed E-state index contributed by atoms with van der Waals surface area (Å²) in [6, 6.07) is 6.90. The van der Waals surface area contributed by atoms with E-state index in [-0.39, 0.29) is 11.7 Å². The average molecular weight is 367 g/mol. The van der Waals surface area contributed by atoms with Crippen LogP contribution in [-0.4, -0.2) is 60.4 Å². The smallest absolute Gasteiger partial charge is 0.223 e. The maximum Gasteiger partial charge on any atom is 0.223 e. The van der Waals surface area contributed by atoms with Crippen molar-refractivity contribution in [2.45, 2.75) is 32.6 Å². The Bertz CT molecular complexity index is 540. The zero-order valence-electron chi connectivity index (χ0n) is 15.5. The number of likely N-dealkylation sites (tertiary alicyclic amines) is 1. The van der Waals surface area contributed by atoms with E-state index >= 15 is 0 Å². The molecule has 0 N–H and O–H groups in total. The number of hydrogen-bond donors (Lipinski definition) is 0. The van der Waals surface area contributed by atoms with Crippen molar-refractivity contribution in [3.8, 4) is 0 Å². The van der Waals surface area contributed by atoms with E-state index < -0.39 is 0 Å². The second-order valence-electron chi connectivity index (χ2n) is 6.86. The summed E-state index contributed by atoms with van der Waals surface area (Å²) < 4.78 is 13.3. The van der Waals surface area contributed by atoms with Crippen molar-refractivity contribution in [3.63, 3.8) is 0 Å². The van der Waals surface area contributed by atoms with Crippen LogP contribution < -0.4 is 0 Å². The third-order valence-electron chi connectivity index (χ3n) is 4.94. The molecule has 3 nitrogen and oxygen atoms in total. The van der Waals surface area contributed by atoms with Crippen molar-refractivity contribution in [2.24, 2.45) is 5.92 Å². The van der Waals surface area contributed by atoms with Crippen molar-refractivity contribution < 1.29 is 9.18 Å². The Morgan fingerprint density at radius 2 is 2.28 bits per heavy atom. The first kappa shape index (κ1) is 20.2. The first-order valence-electron chi connectivity index (χ1n) is 9.36. The first-order chi connectivity index (χ1) is 12.1. The number of halogens is 1. The fourth-order valence-corrected chi connectivity index (χ4v) is 3.93. The van der Waals surface area contributed by atoms with Crippen LogP contribution in [-0.2, 0) is 11.2 Å².